The van der Waals surface area contributed by atoms with Crippen molar-refractivity contribution in [3.63, 3.8) is 0 Å². The van der Waals surface area contributed by atoms with E-state index in [2.05, 4.69) is 4.98 Å². The molecule has 3 N–H and O–H groups in total. The lowest BCUT2D eigenvalue weighted by atomic mass is 10.1. The van der Waals surface area contributed by atoms with E-state index in [1.807, 2.05) is 31.2 Å². The number of hydrogen-bond donors (Lipinski definition) is 2. The molecule has 0 atom stereocenters. The van der Waals surface area contributed by atoms with E-state index in [1.165, 1.54) is 10.6 Å². The van der Waals surface area contributed by atoms with Crippen molar-refractivity contribution in [3.05, 3.63) is 62.3 Å². The summed E-state index contributed by atoms with van der Waals surface area (Å²) in [6, 6.07) is 8.97. The van der Waals surface area contributed by atoms with Crippen LogP contribution in [0.1, 0.15) is 11.1 Å². The fraction of sp³-hybridized carbons (Fsp3) is 0.167. The maximum Gasteiger partial charge on any atom is 0.330 e. The third kappa shape index (κ3) is 2.44. The maximum atomic E-state index is 11.6. The molecule has 1 aromatic carbocycles. The van der Waals surface area contributed by atoms with Crippen LogP contribution >= 0.6 is 0 Å². The van der Waals surface area contributed by atoms with Crippen molar-refractivity contribution >= 4 is 5.82 Å². The molecular formula is C12H13N3O2. The summed E-state index contributed by atoms with van der Waals surface area (Å²) in [5, 5.41) is 0. The molecule has 5 heteroatoms. The van der Waals surface area contributed by atoms with Crippen LogP contribution in [0.4, 0.5) is 5.82 Å². The zero-order chi connectivity index (χ0) is 12.4. The first kappa shape index (κ1) is 11.2. The molecule has 0 spiro atoms. The number of benzene rings is 1. The Bertz CT molecular complexity index is 655. The number of nitrogens with one attached hydrogen (secondary N) is 1. The molecule has 0 unspecified atom stereocenters. The Kier molecular flexibility index (Phi) is 2.82. The van der Waals surface area contributed by atoms with Crippen molar-refractivity contribution in [3.8, 4) is 0 Å². The number of aromatic amines is 1. The number of anilines is 1. The van der Waals surface area contributed by atoms with Gasteiger partial charge in [-0.25, -0.2) is 4.79 Å². The average molecular weight is 231 g/mol. The van der Waals surface area contributed by atoms with E-state index in [1.54, 1.807) is 0 Å². The SMILES string of the molecule is Cc1cccc(Cn2c(N)cc(=O)[nH]c2=O)c1. The molecule has 1 aromatic heterocycles. The van der Waals surface area contributed by atoms with Crippen molar-refractivity contribution in [2.45, 2.75) is 13.5 Å². The number of rotatable bonds is 2. The van der Waals surface area contributed by atoms with Gasteiger partial charge in [-0.15, -0.1) is 0 Å². The summed E-state index contributed by atoms with van der Waals surface area (Å²) in [5.41, 5.74) is 6.76. The quantitative estimate of drug-likeness (QED) is 0.788. The van der Waals surface area contributed by atoms with Gasteiger partial charge in [-0.1, -0.05) is 29.8 Å². The van der Waals surface area contributed by atoms with E-state index in [9.17, 15) is 9.59 Å². The van der Waals surface area contributed by atoms with E-state index in [4.69, 9.17) is 5.73 Å². The van der Waals surface area contributed by atoms with Crippen LogP contribution in [0, 0.1) is 6.92 Å². The summed E-state index contributed by atoms with van der Waals surface area (Å²) in [6.45, 7) is 2.33. The lowest BCUT2D eigenvalue weighted by molar-refractivity contribution is 0.732. The molecule has 0 radical (unpaired) electrons. The van der Waals surface area contributed by atoms with Crippen LogP contribution in [0.5, 0.6) is 0 Å². The number of aromatic nitrogens is 2. The van der Waals surface area contributed by atoms with Crippen molar-refractivity contribution in [1.29, 1.82) is 0 Å². The molecule has 0 aliphatic carbocycles. The highest BCUT2D eigenvalue weighted by molar-refractivity contribution is 5.29. The van der Waals surface area contributed by atoms with Crippen LogP contribution in [-0.4, -0.2) is 9.55 Å². The molecule has 0 bridgehead atoms. The summed E-state index contributed by atoms with van der Waals surface area (Å²) in [6.07, 6.45) is 0. The predicted octanol–water partition coefficient (Wildman–Crippen LogP) is 0.476. The highest BCUT2D eigenvalue weighted by Crippen LogP contribution is 2.06. The van der Waals surface area contributed by atoms with Crippen LogP contribution in [0.15, 0.2) is 39.9 Å². The lowest BCUT2D eigenvalue weighted by Gasteiger charge is -2.08. The van der Waals surface area contributed by atoms with E-state index >= 15 is 0 Å². The molecule has 0 amide bonds. The number of H-pyrrole nitrogens is 1. The molecule has 0 aliphatic heterocycles. The first-order valence-electron chi connectivity index (χ1n) is 5.21. The molecule has 17 heavy (non-hydrogen) atoms. The molecule has 0 saturated carbocycles. The third-order valence-electron chi connectivity index (χ3n) is 2.49. The second-order valence-electron chi connectivity index (χ2n) is 3.94. The standard InChI is InChI=1S/C12H13N3O2/c1-8-3-2-4-9(5-8)7-15-10(13)6-11(16)14-12(15)17/h2-6H,7,13H2,1H3,(H,14,16,17). The molecule has 0 saturated heterocycles. The smallest absolute Gasteiger partial charge is 0.330 e. The molecule has 2 aromatic rings. The lowest BCUT2D eigenvalue weighted by Crippen LogP contribution is -2.31. The highest BCUT2D eigenvalue weighted by atomic mass is 16.2. The third-order valence-corrected chi connectivity index (χ3v) is 2.49. The zero-order valence-electron chi connectivity index (χ0n) is 9.43. The molecule has 0 fully saturated rings. The summed E-state index contributed by atoms with van der Waals surface area (Å²) in [7, 11) is 0. The molecular weight excluding hydrogens is 218 g/mol. The fourth-order valence-corrected chi connectivity index (χ4v) is 1.69. The summed E-state index contributed by atoms with van der Waals surface area (Å²) < 4.78 is 1.33. The number of aryl methyl sites for hydroxylation is 1. The van der Waals surface area contributed by atoms with Gasteiger partial charge in [-0.3, -0.25) is 14.3 Å². The second kappa shape index (κ2) is 4.29. The zero-order valence-corrected chi connectivity index (χ0v) is 9.43. The van der Waals surface area contributed by atoms with Crippen molar-refractivity contribution in [2.24, 2.45) is 0 Å². The normalized spacial score (nSPS) is 10.4. The average Bonchev–Trinajstić information content (AvgIpc) is 2.23. The fourth-order valence-electron chi connectivity index (χ4n) is 1.69. The number of nitrogen functional groups attached to an aromatic ring is 1. The van der Waals surface area contributed by atoms with E-state index < -0.39 is 11.2 Å². The van der Waals surface area contributed by atoms with E-state index in [0.717, 1.165) is 11.1 Å². The van der Waals surface area contributed by atoms with Crippen LogP contribution in [0.2, 0.25) is 0 Å². The van der Waals surface area contributed by atoms with Gasteiger partial charge in [-0.05, 0) is 12.5 Å². The summed E-state index contributed by atoms with van der Waals surface area (Å²) in [5.74, 6) is 0.167. The Labute approximate surface area is 97.5 Å². The van der Waals surface area contributed by atoms with Gasteiger partial charge < -0.3 is 5.73 Å². The number of hydrogen-bond acceptors (Lipinski definition) is 3. The van der Waals surface area contributed by atoms with Crippen molar-refractivity contribution < 1.29 is 0 Å². The second-order valence-corrected chi connectivity index (χ2v) is 3.94. The monoisotopic (exact) mass is 231 g/mol. The summed E-state index contributed by atoms with van der Waals surface area (Å²) in [4.78, 5) is 24.8. The Hall–Kier alpha value is -2.30. The van der Waals surface area contributed by atoms with Gasteiger partial charge in [0.15, 0.2) is 0 Å². The minimum atomic E-state index is -0.489. The largest absolute Gasteiger partial charge is 0.385 e. The molecule has 5 nitrogen and oxygen atoms in total. The minimum Gasteiger partial charge on any atom is -0.385 e. The van der Waals surface area contributed by atoms with Gasteiger partial charge in [0, 0.05) is 6.07 Å². The topological polar surface area (TPSA) is 80.9 Å². The van der Waals surface area contributed by atoms with Gasteiger partial charge in [0.1, 0.15) is 5.82 Å². The Morgan fingerprint density at radius 2 is 2.06 bits per heavy atom. The summed E-state index contributed by atoms with van der Waals surface area (Å²) >= 11 is 0. The van der Waals surface area contributed by atoms with E-state index in [-0.39, 0.29) is 5.82 Å². The number of nitrogens with zero attached hydrogens (tertiary/aromatic N) is 1. The van der Waals surface area contributed by atoms with Crippen molar-refractivity contribution in [2.75, 3.05) is 5.73 Å². The predicted molar refractivity (Wildman–Crippen MR) is 66.0 cm³/mol. The first-order valence-corrected chi connectivity index (χ1v) is 5.21. The number of nitrogens with two attached hydrogens (primary N) is 1. The van der Waals surface area contributed by atoms with Gasteiger partial charge in [0.2, 0.25) is 0 Å². The van der Waals surface area contributed by atoms with Crippen LogP contribution in [0.25, 0.3) is 0 Å². The Morgan fingerprint density at radius 1 is 1.29 bits per heavy atom. The minimum absolute atomic E-state index is 0.167. The van der Waals surface area contributed by atoms with E-state index in [0.29, 0.717) is 6.54 Å². The van der Waals surface area contributed by atoms with Crippen LogP contribution < -0.4 is 17.0 Å². The molecule has 0 aliphatic rings. The molecule has 88 valence electrons. The molecule has 2 rings (SSSR count). The Balaban J connectivity index is 2.43. The van der Waals surface area contributed by atoms with Gasteiger partial charge >= 0.3 is 5.69 Å². The molecule has 1 heterocycles. The van der Waals surface area contributed by atoms with Crippen molar-refractivity contribution in [1.82, 2.24) is 9.55 Å². The highest BCUT2D eigenvalue weighted by Gasteiger charge is 2.03. The van der Waals surface area contributed by atoms with Gasteiger partial charge in [0.25, 0.3) is 5.56 Å². The maximum absolute atomic E-state index is 11.6. The van der Waals surface area contributed by atoms with Gasteiger partial charge in [0.05, 0.1) is 6.54 Å². The van der Waals surface area contributed by atoms with Crippen LogP contribution in [-0.2, 0) is 6.54 Å². The van der Waals surface area contributed by atoms with Gasteiger partial charge in [-0.2, -0.15) is 0 Å². The van der Waals surface area contributed by atoms with Crippen LogP contribution in [0.3, 0.4) is 0 Å². The Morgan fingerprint density at radius 3 is 2.71 bits per heavy atom. The first-order chi connectivity index (χ1) is 8.06.